The highest BCUT2D eigenvalue weighted by Crippen LogP contribution is 2.25. The maximum absolute atomic E-state index is 5.40. The van der Waals surface area contributed by atoms with E-state index in [0.717, 1.165) is 30.8 Å². The van der Waals surface area contributed by atoms with Crippen molar-refractivity contribution in [3.8, 4) is 23.0 Å². The third-order valence-electron chi connectivity index (χ3n) is 3.81. The smallest absolute Gasteiger partial charge is 0.258 e. The summed E-state index contributed by atoms with van der Waals surface area (Å²) < 4.78 is 7.26. The molecule has 0 amide bonds. The first-order valence-corrected chi connectivity index (χ1v) is 6.94. The standard InChI is InChI=1S/C15H15N5O/c1-20-9-17-8-13(20)14-18-15(21-19-14)11-3-2-10-4-5-16-7-12(10)6-11/h2-3,6,8-9,16H,4-5,7H2,1H3. The van der Waals surface area contributed by atoms with Crippen molar-refractivity contribution >= 4 is 0 Å². The van der Waals surface area contributed by atoms with Crippen LogP contribution < -0.4 is 5.32 Å². The molecular weight excluding hydrogens is 266 g/mol. The Labute approximate surface area is 121 Å². The van der Waals surface area contributed by atoms with Crippen LogP contribution in [-0.4, -0.2) is 26.2 Å². The summed E-state index contributed by atoms with van der Waals surface area (Å²) in [6, 6.07) is 6.33. The van der Waals surface area contributed by atoms with Gasteiger partial charge in [-0.05, 0) is 36.2 Å². The Hall–Kier alpha value is -2.47. The van der Waals surface area contributed by atoms with Gasteiger partial charge >= 0.3 is 0 Å². The molecule has 6 heteroatoms. The molecule has 0 saturated heterocycles. The fourth-order valence-corrected chi connectivity index (χ4v) is 2.63. The highest BCUT2D eigenvalue weighted by molar-refractivity contribution is 5.59. The molecule has 0 spiro atoms. The number of hydrogen-bond acceptors (Lipinski definition) is 5. The van der Waals surface area contributed by atoms with E-state index in [2.05, 4.69) is 32.6 Å². The summed E-state index contributed by atoms with van der Waals surface area (Å²) in [6.45, 7) is 1.93. The zero-order valence-electron chi connectivity index (χ0n) is 11.7. The minimum absolute atomic E-state index is 0.541. The van der Waals surface area contributed by atoms with E-state index in [9.17, 15) is 0 Å². The molecule has 106 valence electrons. The SMILES string of the molecule is Cn1cncc1-c1noc(-c2ccc3c(c2)CNCC3)n1. The number of rotatable bonds is 2. The van der Waals surface area contributed by atoms with Crippen LogP contribution in [0, 0.1) is 0 Å². The lowest BCUT2D eigenvalue weighted by molar-refractivity contribution is 0.432. The second-order valence-corrected chi connectivity index (χ2v) is 5.22. The highest BCUT2D eigenvalue weighted by Gasteiger charge is 2.15. The minimum Gasteiger partial charge on any atom is -0.334 e. The number of imidazole rings is 1. The van der Waals surface area contributed by atoms with Crippen molar-refractivity contribution in [1.82, 2.24) is 25.0 Å². The monoisotopic (exact) mass is 281 g/mol. The number of aryl methyl sites for hydroxylation is 1. The van der Waals surface area contributed by atoms with Crippen LogP contribution in [0.15, 0.2) is 35.2 Å². The Morgan fingerprint density at radius 1 is 1.29 bits per heavy atom. The number of benzene rings is 1. The van der Waals surface area contributed by atoms with Crippen LogP contribution in [0.3, 0.4) is 0 Å². The fraction of sp³-hybridized carbons (Fsp3) is 0.267. The van der Waals surface area contributed by atoms with Gasteiger partial charge in [0.1, 0.15) is 5.69 Å². The first kappa shape index (κ1) is 12.3. The first-order chi connectivity index (χ1) is 10.3. The van der Waals surface area contributed by atoms with Crippen LogP contribution in [0.25, 0.3) is 23.0 Å². The van der Waals surface area contributed by atoms with Crippen LogP contribution in [0.5, 0.6) is 0 Å². The maximum atomic E-state index is 5.40. The van der Waals surface area contributed by atoms with E-state index in [4.69, 9.17) is 4.52 Å². The van der Waals surface area contributed by atoms with Gasteiger partial charge in [-0.1, -0.05) is 11.2 Å². The summed E-state index contributed by atoms with van der Waals surface area (Å²) in [7, 11) is 1.91. The van der Waals surface area contributed by atoms with Crippen LogP contribution in [0.2, 0.25) is 0 Å². The molecule has 0 radical (unpaired) electrons. The summed E-state index contributed by atoms with van der Waals surface area (Å²) in [5.41, 5.74) is 4.49. The van der Waals surface area contributed by atoms with Gasteiger partial charge in [-0.2, -0.15) is 4.98 Å². The lowest BCUT2D eigenvalue weighted by atomic mass is 9.98. The summed E-state index contributed by atoms with van der Waals surface area (Å²) in [4.78, 5) is 8.54. The van der Waals surface area contributed by atoms with Gasteiger partial charge in [-0.3, -0.25) is 0 Å². The molecule has 0 fully saturated rings. The molecular formula is C15H15N5O. The molecule has 0 atom stereocenters. The van der Waals surface area contributed by atoms with E-state index in [1.54, 1.807) is 12.5 Å². The van der Waals surface area contributed by atoms with Gasteiger partial charge in [0, 0.05) is 19.2 Å². The molecule has 1 N–H and O–H groups in total. The van der Waals surface area contributed by atoms with Crippen molar-refractivity contribution in [3.05, 3.63) is 41.9 Å². The lowest BCUT2D eigenvalue weighted by Gasteiger charge is -2.16. The molecule has 0 unspecified atom stereocenters. The largest absolute Gasteiger partial charge is 0.334 e. The topological polar surface area (TPSA) is 68.8 Å². The third kappa shape index (κ3) is 2.13. The Balaban J connectivity index is 1.71. The number of hydrogen-bond donors (Lipinski definition) is 1. The zero-order chi connectivity index (χ0) is 14.2. The third-order valence-corrected chi connectivity index (χ3v) is 3.81. The summed E-state index contributed by atoms with van der Waals surface area (Å²) in [5.74, 6) is 1.10. The quantitative estimate of drug-likeness (QED) is 0.775. The second-order valence-electron chi connectivity index (χ2n) is 5.22. The van der Waals surface area contributed by atoms with Gasteiger partial charge in [0.25, 0.3) is 5.89 Å². The fourth-order valence-electron chi connectivity index (χ4n) is 2.63. The van der Waals surface area contributed by atoms with E-state index >= 15 is 0 Å². The average molecular weight is 281 g/mol. The van der Waals surface area contributed by atoms with Gasteiger partial charge in [0.05, 0.1) is 12.5 Å². The van der Waals surface area contributed by atoms with E-state index in [1.165, 1.54) is 11.1 Å². The lowest BCUT2D eigenvalue weighted by Crippen LogP contribution is -2.23. The van der Waals surface area contributed by atoms with E-state index in [0.29, 0.717) is 11.7 Å². The van der Waals surface area contributed by atoms with E-state index in [1.807, 2.05) is 17.7 Å². The molecule has 1 aromatic carbocycles. The molecule has 0 bridgehead atoms. The normalized spacial score (nSPS) is 14.1. The minimum atomic E-state index is 0.541. The Morgan fingerprint density at radius 3 is 3.10 bits per heavy atom. The van der Waals surface area contributed by atoms with Crippen molar-refractivity contribution in [2.24, 2.45) is 7.05 Å². The van der Waals surface area contributed by atoms with Gasteiger partial charge in [-0.15, -0.1) is 0 Å². The molecule has 0 aliphatic carbocycles. The number of aromatic nitrogens is 4. The van der Waals surface area contributed by atoms with E-state index < -0.39 is 0 Å². The Kier molecular flexibility index (Phi) is 2.82. The predicted octanol–water partition coefficient (Wildman–Crippen LogP) is 1.78. The predicted molar refractivity (Wildman–Crippen MR) is 77.3 cm³/mol. The molecule has 0 saturated carbocycles. The van der Waals surface area contributed by atoms with Crippen molar-refractivity contribution < 1.29 is 4.52 Å². The number of fused-ring (bicyclic) bond motifs is 1. The average Bonchev–Trinajstić information content (AvgIpc) is 3.15. The molecule has 3 aromatic rings. The summed E-state index contributed by atoms with van der Waals surface area (Å²) in [5, 5.41) is 7.42. The highest BCUT2D eigenvalue weighted by atomic mass is 16.5. The van der Waals surface area contributed by atoms with Gasteiger partial charge in [0.15, 0.2) is 0 Å². The molecule has 3 heterocycles. The van der Waals surface area contributed by atoms with E-state index in [-0.39, 0.29) is 0 Å². The molecule has 4 rings (SSSR count). The van der Waals surface area contributed by atoms with Crippen molar-refractivity contribution in [3.63, 3.8) is 0 Å². The van der Waals surface area contributed by atoms with Crippen molar-refractivity contribution in [2.75, 3.05) is 6.54 Å². The van der Waals surface area contributed by atoms with Crippen LogP contribution in [-0.2, 0) is 20.0 Å². The van der Waals surface area contributed by atoms with Gasteiger partial charge < -0.3 is 14.4 Å². The zero-order valence-corrected chi connectivity index (χ0v) is 11.7. The number of nitrogens with zero attached hydrogens (tertiary/aromatic N) is 4. The van der Waals surface area contributed by atoms with Crippen molar-refractivity contribution in [2.45, 2.75) is 13.0 Å². The number of nitrogens with one attached hydrogen (secondary N) is 1. The molecule has 1 aliphatic rings. The molecule has 1 aliphatic heterocycles. The summed E-state index contributed by atoms with van der Waals surface area (Å²) in [6.07, 6.45) is 4.51. The Morgan fingerprint density at radius 2 is 2.24 bits per heavy atom. The van der Waals surface area contributed by atoms with Crippen molar-refractivity contribution in [1.29, 1.82) is 0 Å². The molecule has 21 heavy (non-hydrogen) atoms. The first-order valence-electron chi connectivity index (χ1n) is 6.94. The molecule has 2 aromatic heterocycles. The maximum Gasteiger partial charge on any atom is 0.258 e. The van der Waals surface area contributed by atoms with Gasteiger partial charge in [-0.25, -0.2) is 4.98 Å². The van der Waals surface area contributed by atoms with Crippen LogP contribution >= 0.6 is 0 Å². The van der Waals surface area contributed by atoms with Gasteiger partial charge in [0.2, 0.25) is 5.82 Å². The second kappa shape index (κ2) is 4.82. The summed E-state index contributed by atoms with van der Waals surface area (Å²) >= 11 is 0. The Bertz CT molecular complexity index is 789. The molecule has 6 nitrogen and oxygen atoms in total. The van der Waals surface area contributed by atoms with Crippen LogP contribution in [0.4, 0.5) is 0 Å². The van der Waals surface area contributed by atoms with Crippen LogP contribution in [0.1, 0.15) is 11.1 Å².